The molecule has 5 nitrogen and oxygen atoms in total. The molecule has 21 heavy (non-hydrogen) atoms. The molecule has 0 amide bonds. The highest BCUT2D eigenvalue weighted by molar-refractivity contribution is 5.79. The van der Waals surface area contributed by atoms with Crippen LogP contribution in [0.25, 0.3) is 0 Å². The van der Waals surface area contributed by atoms with E-state index in [9.17, 15) is 20.1 Å². The van der Waals surface area contributed by atoms with Crippen LogP contribution in [0, 0.1) is 0 Å². The van der Waals surface area contributed by atoms with Crippen LogP contribution in [0.5, 0.6) is 11.5 Å². The fraction of sp³-hybridized carbons (Fsp3) is 0.188. The van der Waals surface area contributed by atoms with Gasteiger partial charge >= 0.3 is 5.97 Å². The van der Waals surface area contributed by atoms with Gasteiger partial charge in [0.2, 0.25) is 0 Å². The molecule has 110 valence electrons. The van der Waals surface area contributed by atoms with Gasteiger partial charge in [-0.25, -0.2) is 4.79 Å². The fourth-order valence-corrected chi connectivity index (χ4v) is 1.99. The number of aliphatic carboxylic acids is 1. The van der Waals surface area contributed by atoms with E-state index < -0.39 is 18.0 Å². The van der Waals surface area contributed by atoms with Gasteiger partial charge in [0.15, 0.2) is 17.1 Å². The average molecular weight is 289 g/mol. The number of rotatable bonds is 5. The number of hydrogen-bond acceptors (Lipinski definition) is 4. The van der Waals surface area contributed by atoms with Gasteiger partial charge in [0.25, 0.3) is 0 Å². The molecule has 3 N–H and O–H groups in total. The smallest absolute Gasteiger partial charge is 0.340 e. The maximum atomic E-state index is 11.6. The molecule has 0 fully saturated rings. The molecule has 0 aromatic heterocycles. The molecule has 0 radical (unpaired) electrons. The Morgan fingerprint density at radius 3 is 2.52 bits per heavy atom. The number of benzene rings is 2. The Hall–Kier alpha value is -2.53. The summed E-state index contributed by atoms with van der Waals surface area (Å²) in [6, 6.07) is 11.8. The minimum atomic E-state index is -2.41. The number of aromatic hydroxyl groups is 1. The van der Waals surface area contributed by atoms with Crippen LogP contribution in [-0.4, -0.2) is 28.4 Å². The molecule has 2 atom stereocenters. The molecule has 0 aliphatic heterocycles. The zero-order valence-electron chi connectivity index (χ0n) is 12.4. The molecule has 0 bridgehead atoms. The van der Waals surface area contributed by atoms with Crippen molar-refractivity contribution >= 4 is 5.97 Å². The minimum Gasteiger partial charge on any atom is -0.504 e. The van der Waals surface area contributed by atoms with E-state index in [1.165, 1.54) is 37.4 Å². The largest absolute Gasteiger partial charge is 0.504 e. The van der Waals surface area contributed by atoms with Crippen LogP contribution in [0.3, 0.4) is 0 Å². The number of aliphatic hydroxyl groups is 1. The molecule has 2 unspecified atom stereocenters. The maximum Gasteiger partial charge on any atom is 0.340 e. The molecule has 2 aromatic carbocycles. The van der Waals surface area contributed by atoms with Crippen molar-refractivity contribution in [1.29, 1.82) is 0 Å². The molecular formula is C16H16O5. The van der Waals surface area contributed by atoms with E-state index in [0.717, 1.165) is 0 Å². The summed E-state index contributed by atoms with van der Waals surface area (Å²) in [5.74, 6) is -1.54. The Bertz CT molecular complexity index is 673. The molecule has 0 aliphatic carbocycles. The van der Waals surface area contributed by atoms with Crippen LogP contribution in [-0.2, 0) is 16.8 Å². The number of carboxylic acids is 1. The molecule has 0 heterocycles. The van der Waals surface area contributed by atoms with Gasteiger partial charge in [-0.05, 0) is 23.3 Å². The number of phenols is 1. The Morgan fingerprint density at radius 1 is 1.29 bits per heavy atom. The van der Waals surface area contributed by atoms with E-state index in [-0.39, 0.29) is 22.6 Å². The number of phenolic OH excluding ortho intramolecular Hbond substituents is 1. The van der Waals surface area contributed by atoms with E-state index in [0.29, 0.717) is 0 Å². The molecule has 2 rings (SSSR count). The summed E-state index contributed by atoms with van der Waals surface area (Å²) < 4.78 is 13.2. The highest BCUT2D eigenvalue weighted by atomic mass is 16.5. The predicted octanol–water partition coefficient (Wildman–Crippen LogP) is 1.92. The second-order valence-electron chi connectivity index (χ2n) is 4.51. The van der Waals surface area contributed by atoms with Crippen LogP contribution >= 0.6 is 0 Å². The number of methoxy groups -OCH3 is 1. The Balaban J connectivity index is 2.52. The first-order valence-electron chi connectivity index (χ1n) is 6.79. The van der Waals surface area contributed by atoms with Crippen molar-refractivity contribution in [2.24, 2.45) is 0 Å². The predicted molar refractivity (Wildman–Crippen MR) is 76.3 cm³/mol. The van der Waals surface area contributed by atoms with Gasteiger partial charge in [0.05, 0.1) is 7.11 Å². The highest BCUT2D eigenvalue weighted by Crippen LogP contribution is 2.31. The molecule has 0 saturated heterocycles. The first-order chi connectivity index (χ1) is 10.4. The van der Waals surface area contributed by atoms with Crippen molar-refractivity contribution in [3.05, 3.63) is 59.7 Å². The van der Waals surface area contributed by atoms with E-state index in [4.69, 9.17) is 6.11 Å². The van der Waals surface area contributed by atoms with Gasteiger partial charge in [0, 0.05) is 7.77 Å². The number of carboxylic acid groups (broad SMARTS) is 1. The molecule has 0 aliphatic rings. The first-order valence-corrected chi connectivity index (χ1v) is 6.21. The second kappa shape index (κ2) is 5.85. The summed E-state index contributed by atoms with van der Waals surface area (Å²) in [6.07, 6.45) is -1.50. The van der Waals surface area contributed by atoms with E-state index in [2.05, 4.69) is 0 Å². The Morgan fingerprint density at radius 2 is 1.95 bits per heavy atom. The Kier molecular flexibility index (Phi) is 3.75. The molecule has 2 aromatic rings. The monoisotopic (exact) mass is 289 g/mol. The molecule has 0 spiro atoms. The average Bonchev–Trinajstić information content (AvgIpc) is 2.54. The van der Waals surface area contributed by atoms with E-state index in [1.807, 2.05) is 0 Å². The van der Waals surface area contributed by atoms with Crippen molar-refractivity contribution in [3.8, 4) is 11.5 Å². The standard InChI is InChI=1S/C16H16O5/c1-21-14-9-11(7-8-13(14)17)10-16(20,15(18)19)12-5-3-2-4-6-12/h2-9,17,20H,10H2,1H3,(H,18,19)/i10D. The van der Waals surface area contributed by atoms with Crippen LogP contribution < -0.4 is 4.74 Å². The lowest BCUT2D eigenvalue weighted by molar-refractivity contribution is -0.159. The summed E-state index contributed by atoms with van der Waals surface area (Å²) in [4.78, 5) is 11.6. The molecule has 5 heteroatoms. The van der Waals surface area contributed by atoms with Gasteiger partial charge in [0.1, 0.15) is 0 Å². The molecule has 0 saturated carbocycles. The van der Waals surface area contributed by atoms with Gasteiger partial charge in [-0.2, -0.15) is 0 Å². The fourth-order valence-electron chi connectivity index (χ4n) is 1.99. The number of carbonyl (C=O) groups is 1. The minimum absolute atomic E-state index is 0.106. The lowest BCUT2D eigenvalue weighted by Gasteiger charge is -2.24. The third-order valence-electron chi connectivity index (χ3n) is 3.12. The topological polar surface area (TPSA) is 87.0 Å². The summed E-state index contributed by atoms with van der Waals surface area (Å²) in [5.41, 5.74) is -2.10. The van der Waals surface area contributed by atoms with Gasteiger partial charge in [-0.1, -0.05) is 36.4 Å². The van der Waals surface area contributed by atoms with E-state index in [1.54, 1.807) is 18.2 Å². The van der Waals surface area contributed by atoms with Crippen LogP contribution in [0.15, 0.2) is 48.5 Å². The van der Waals surface area contributed by atoms with Crippen LogP contribution in [0.4, 0.5) is 0 Å². The summed E-state index contributed by atoms with van der Waals surface area (Å²) in [7, 11) is 1.35. The lowest BCUT2D eigenvalue weighted by atomic mass is 9.87. The Labute approximate surface area is 123 Å². The van der Waals surface area contributed by atoms with Gasteiger partial charge in [-0.15, -0.1) is 0 Å². The van der Waals surface area contributed by atoms with Crippen molar-refractivity contribution in [3.63, 3.8) is 0 Å². The third kappa shape index (κ3) is 2.98. The van der Waals surface area contributed by atoms with Crippen molar-refractivity contribution < 1.29 is 26.2 Å². The van der Waals surface area contributed by atoms with E-state index >= 15 is 0 Å². The summed E-state index contributed by atoms with van der Waals surface area (Å²) in [6.45, 7) is 0. The quantitative estimate of drug-likeness (QED) is 0.782. The number of hydrogen-bond donors (Lipinski definition) is 3. The zero-order valence-corrected chi connectivity index (χ0v) is 11.4. The first kappa shape index (κ1) is 13.5. The zero-order chi connectivity index (χ0) is 16.3. The molecular weight excluding hydrogens is 272 g/mol. The normalized spacial score (nSPS) is 15.6. The van der Waals surface area contributed by atoms with Crippen molar-refractivity contribution in [2.45, 2.75) is 12.0 Å². The number of ether oxygens (including phenoxy) is 1. The maximum absolute atomic E-state index is 11.6. The van der Waals surface area contributed by atoms with Gasteiger partial charge < -0.3 is 20.1 Å². The summed E-state index contributed by atoms with van der Waals surface area (Å²) >= 11 is 0. The van der Waals surface area contributed by atoms with Crippen molar-refractivity contribution in [1.82, 2.24) is 0 Å². The highest BCUT2D eigenvalue weighted by Gasteiger charge is 2.38. The van der Waals surface area contributed by atoms with Crippen LogP contribution in [0.1, 0.15) is 12.5 Å². The van der Waals surface area contributed by atoms with Crippen molar-refractivity contribution in [2.75, 3.05) is 7.11 Å². The third-order valence-corrected chi connectivity index (χ3v) is 3.12. The second-order valence-corrected chi connectivity index (χ2v) is 4.51. The van der Waals surface area contributed by atoms with Crippen LogP contribution in [0.2, 0.25) is 0 Å². The summed E-state index contributed by atoms with van der Waals surface area (Å²) in [5, 5.41) is 29.7. The lowest BCUT2D eigenvalue weighted by Crippen LogP contribution is -2.37. The SMILES string of the molecule is [2H]C(c1ccc(O)c(OC)c1)C(O)(C(=O)O)c1ccccc1. The van der Waals surface area contributed by atoms with Gasteiger partial charge in [-0.3, -0.25) is 0 Å².